The highest BCUT2D eigenvalue weighted by Crippen LogP contribution is 2.34. The number of carbonyl (C=O) groups is 2. The van der Waals surface area contributed by atoms with Gasteiger partial charge in [-0.1, -0.05) is 24.4 Å². The molecule has 9 nitrogen and oxygen atoms in total. The zero-order chi connectivity index (χ0) is 26.6. The molecule has 1 aliphatic carbocycles. The van der Waals surface area contributed by atoms with Crippen LogP contribution in [0, 0.1) is 19.8 Å². The van der Waals surface area contributed by atoms with Crippen molar-refractivity contribution in [3.63, 3.8) is 0 Å². The van der Waals surface area contributed by atoms with Gasteiger partial charge in [-0.2, -0.15) is 0 Å². The number of methoxy groups -OCH3 is 1. The number of carbonyl (C=O) groups excluding carboxylic acids is 2. The normalized spacial score (nSPS) is 13.9. The Morgan fingerprint density at radius 1 is 1.08 bits per heavy atom. The molecule has 1 saturated carbocycles. The fraction of sp³-hybridized carbons (Fsp3) is 0.357. The number of aromatic nitrogens is 3. The number of ether oxygens (including phenoxy) is 1. The van der Waals surface area contributed by atoms with Gasteiger partial charge < -0.3 is 13.8 Å². The number of hydrazine groups is 1. The van der Waals surface area contributed by atoms with Gasteiger partial charge in [0.2, 0.25) is 0 Å². The van der Waals surface area contributed by atoms with Crippen LogP contribution in [-0.4, -0.2) is 33.6 Å². The second-order valence-electron chi connectivity index (χ2n) is 9.64. The number of nitrogens with one attached hydrogen (secondary N) is 2. The summed E-state index contributed by atoms with van der Waals surface area (Å²) in [6.07, 6.45) is 6.11. The number of nitrogens with zero attached hydrogens (tertiary/aromatic N) is 3. The maximum atomic E-state index is 13.2. The van der Waals surface area contributed by atoms with Crippen LogP contribution in [-0.2, 0) is 6.54 Å². The van der Waals surface area contributed by atoms with E-state index in [1.165, 1.54) is 38.2 Å². The van der Waals surface area contributed by atoms with E-state index in [9.17, 15) is 9.59 Å². The lowest BCUT2D eigenvalue weighted by Gasteiger charge is -2.24. The average Bonchev–Trinajstić information content (AvgIpc) is 3.68. The molecule has 10 heteroatoms. The van der Waals surface area contributed by atoms with E-state index in [2.05, 4.69) is 20.6 Å². The van der Waals surface area contributed by atoms with Crippen molar-refractivity contribution in [2.45, 2.75) is 52.5 Å². The smallest absolute Gasteiger partial charge is 0.291 e. The summed E-state index contributed by atoms with van der Waals surface area (Å²) in [6, 6.07) is 11.2. The Hall–Kier alpha value is -3.92. The van der Waals surface area contributed by atoms with Crippen molar-refractivity contribution in [2.24, 2.45) is 5.92 Å². The average molecular weight is 534 g/mol. The monoisotopic (exact) mass is 533 g/mol. The molecule has 2 amide bonds. The molecule has 5 rings (SSSR count). The summed E-state index contributed by atoms with van der Waals surface area (Å²) in [4.78, 5) is 30.4. The SMILES string of the molecule is COc1ccc(-c2nc(-c3cc(C(=O)NNC(=O)c4cc(C)on4)c(C)n3CC3CCCCC3)cs2)cc1. The van der Waals surface area contributed by atoms with Crippen LogP contribution in [0.5, 0.6) is 5.75 Å². The summed E-state index contributed by atoms with van der Waals surface area (Å²) < 4.78 is 12.4. The standard InChI is InChI=1S/C28H31N5O4S/c1-17-13-23(32-37-17)27(35)31-30-26(34)22-14-25(33(18(22)2)15-19-7-5-4-6-8-19)24-16-38-28(29-24)20-9-11-21(36-3)12-10-20/h9-14,16,19H,4-8,15H2,1-3H3,(H,30,34)(H,31,35). The van der Waals surface area contributed by atoms with Gasteiger partial charge >= 0.3 is 0 Å². The van der Waals surface area contributed by atoms with Gasteiger partial charge in [-0.3, -0.25) is 20.4 Å². The van der Waals surface area contributed by atoms with E-state index in [0.717, 1.165) is 39.9 Å². The van der Waals surface area contributed by atoms with Crippen molar-refractivity contribution in [1.29, 1.82) is 0 Å². The third-order valence-corrected chi connectivity index (χ3v) is 7.92. The highest BCUT2D eigenvalue weighted by Gasteiger charge is 2.24. The summed E-state index contributed by atoms with van der Waals surface area (Å²) >= 11 is 1.56. The van der Waals surface area contributed by atoms with Crippen molar-refractivity contribution >= 4 is 23.2 Å². The van der Waals surface area contributed by atoms with Crippen LogP contribution in [0.4, 0.5) is 0 Å². The van der Waals surface area contributed by atoms with E-state index in [-0.39, 0.29) is 5.69 Å². The predicted molar refractivity (Wildman–Crippen MR) is 145 cm³/mol. The first-order valence-corrected chi connectivity index (χ1v) is 13.7. The summed E-state index contributed by atoms with van der Waals surface area (Å²) in [5.41, 5.74) is 9.11. The minimum Gasteiger partial charge on any atom is -0.497 e. The van der Waals surface area contributed by atoms with Gasteiger partial charge in [0.25, 0.3) is 11.8 Å². The number of hydrogen-bond donors (Lipinski definition) is 2. The molecule has 1 fully saturated rings. The maximum absolute atomic E-state index is 13.2. The molecule has 1 aromatic carbocycles. The highest BCUT2D eigenvalue weighted by atomic mass is 32.1. The van der Waals surface area contributed by atoms with E-state index in [1.54, 1.807) is 25.4 Å². The Morgan fingerprint density at radius 2 is 1.82 bits per heavy atom. The maximum Gasteiger partial charge on any atom is 0.291 e. The number of rotatable bonds is 7. The zero-order valence-electron chi connectivity index (χ0n) is 21.7. The fourth-order valence-corrected chi connectivity index (χ4v) is 5.75. The lowest BCUT2D eigenvalue weighted by molar-refractivity contribution is 0.0841. The molecule has 2 N–H and O–H groups in total. The Bertz CT molecular complexity index is 1430. The topological polar surface area (TPSA) is 111 Å². The molecular weight excluding hydrogens is 502 g/mol. The van der Waals surface area contributed by atoms with Crippen LogP contribution in [0.2, 0.25) is 0 Å². The molecule has 38 heavy (non-hydrogen) atoms. The predicted octanol–water partition coefficient (Wildman–Crippen LogP) is 5.55. The molecule has 0 aliphatic heterocycles. The summed E-state index contributed by atoms with van der Waals surface area (Å²) in [5.74, 6) is 0.922. The third kappa shape index (κ3) is 5.50. The van der Waals surface area contributed by atoms with E-state index >= 15 is 0 Å². The van der Waals surface area contributed by atoms with Crippen molar-refractivity contribution in [3.05, 3.63) is 64.5 Å². The molecule has 1 aliphatic rings. The second kappa shape index (κ2) is 11.2. The first kappa shape index (κ1) is 25.7. The molecule has 3 aromatic heterocycles. The Balaban J connectivity index is 1.42. The summed E-state index contributed by atoms with van der Waals surface area (Å²) in [6.45, 7) is 4.47. The molecule has 0 saturated heterocycles. The lowest BCUT2D eigenvalue weighted by atomic mass is 9.89. The summed E-state index contributed by atoms with van der Waals surface area (Å²) in [5, 5.41) is 6.61. The minimum absolute atomic E-state index is 0.101. The molecule has 3 heterocycles. The van der Waals surface area contributed by atoms with Gasteiger partial charge in [-0.15, -0.1) is 11.3 Å². The number of amides is 2. The minimum atomic E-state index is -0.543. The number of thiazole rings is 1. The molecule has 0 spiro atoms. The number of hydrogen-bond acceptors (Lipinski definition) is 7. The first-order chi connectivity index (χ1) is 18.4. The Morgan fingerprint density at radius 3 is 2.50 bits per heavy atom. The Kier molecular flexibility index (Phi) is 7.59. The number of benzene rings is 1. The first-order valence-electron chi connectivity index (χ1n) is 12.8. The third-order valence-electron chi connectivity index (χ3n) is 7.03. The van der Waals surface area contributed by atoms with Gasteiger partial charge in [0.1, 0.15) is 16.5 Å². The van der Waals surface area contributed by atoms with Crippen LogP contribution in [0.3, 0.4) is 0 Å². The molecule has 0 radical (unpaired) electrons. The lowest BCUT2D eigenvalue weighted by Crippen LogP contribution is -2.41. The molecule has 0 bridgehead atoms. The van der Waals surface area contributed by atoms with Gasteiger partial charge in [-0.25, -0.2) is 4.98 Å². The molecule has 0 unspecified atom stereocenters. The van der Waals surface area contributed by atoms with Gasteiger partial charge in [0.05, 0.1) is 24.1 Å². The van der Waals surface area contributed by atoms with E-state index in [0.29, 0.717) is 17.2 Å². The van der Waals surface area contributed by atoms with E-state index in [1.807, 2.05) is 42.6 Å². The van der Waals surface area contributed by atoms with Gasteiger partial charge in [-0.05, 0) is 62.9 Å². The van der Waals surface area contributed by atoms with E-state index in [4.69, 9.17) is 14.2 Å². The van der Waals surface area contributed by atoms with Crippen LogP contribution in [0.25, 0.3) is 22.0 Å². The second-order valence-corrected chi connectivity index (χ2v) is 10.5. The van der Waals surface area contributed by atoms with E-state index < -0.39 is 11.8 Å². The molecule has 0 atom stereocenters. The quantitative estimate of drug-likeness (QED) is 0.302. The molecular formula is C28H31N5O4S. The van der Waals surface area contributed by atoms with Crippen LogP contribution >= 0.6 is 11.3 Å². The summed E-state index contributed by atoms with van der Waals surface area (Å²) in [7, 11) is 1.65. The van der Waals surface area contributed by atoms with Crippen molar-refractivity contribution in [3.8, 4) is 27.7 Å². The largest absolute Gasteiger partial charge is 0.497 e. The van der Waals surface area contributed by atoms with Gasteiger partial charge in [0, 0.05) is 29.2 Å². The van der Waals surface area contributed by atoms with Crippen LogP contribution in [0.1, 0.15) is 64.4 Å². The van der Waals surface area contributed by atoms with Crippen LogP contribution < -0.4 is 15.6 Å². The zero-order valence-corrected chi connectivity index (χ0v) is 22.6. The Labute approximate surface area is 225 Å². The van der Waals surface area contributed by atoms with Crippen LogP contribution in [0.15, 0.2) is 46.3 Å². The van der Waals surface area contributed by atoms with Crippen molar-refractivity contribution in [2.75, 3.05) is 7.11 Å². The number of aryl methyl sites for hydroxylation is 1. The van der Waals surface area contributed by atoms with Gasteiger partial charge in [0.15, 0.2) is 5.69 Å². The molecule has 198 valence electrons. The molecule has 4 aromatic rings. The fourth-order valence-electron chi connectivity index (χ4n) is 4.93. The highest BCUT2D eigenvalue weighted by molar-refractivity contribution is 7.13. The van der Waals surface area contributed by atoms with Crippen molar-refractivity contribution in [1.82, 2.24) is 25.6 Å². The van der Waals surface area contributed by atoms with Crippen molar-refractivity contribution < 1.29 is 18.8 Å².